The van der Waals surface area contributed by atoms with Gasteiger partial charge >= 0.3 is 5.69 Å². The Morgan fingerprint density at radius 1 is 1.14 bits per heavy atom. The molecule has 0 atom stereocenters. The molecule has 2 aromatic rings. The van der Waals surface area contributed by atoms with E-state index in [1.165, 1.54) is 42.5 Å². The van der Waals surface area contributed by atoms with E-state index in [1.807, 2.05) is 20.8 Å². The van der Waals surface area contributed by atoms with Crippen molar-refractivity contribution in [2.24, 2.45) is 0 Å². The zero-order valence-corrected chi connectivity index (χ0v) is 16.4. The number of halogens is 1. The van der Waals surface area contributed by atoms with Crippen LogP contribution in [0, 0.1) is 10.1 Å². The average Bonchev–Trinajstić information content (AvgIpc) is 2.60. The fourth-order valence-electron chi connectivity index (χ4n) is 2.25. The van der Waals surface area contributed by atoms with Gasteiger partial charge in [-0.2, -0.15) is 0 Å². The van der Waals surface area contributed by atoms with Crippen molar-refractivity contribution in [1.29, 1.82) is 0 Å². The van der Waals surface area contributed by atoms with Crippen LogP contribution in [-0.2, 0) is 4.79 Å². The summed E-state index contributed by atoms with van der Waals surface area (Å²) in [6, 6.07) is 10.1. The summed E-state index contributed by atoms with van der Waals surface area (Å²) in [6.07, 6.45) is 0. The lowest BCUT2D eigenvalue weighted by atomic mass is 10.1. The topological polar surface area (TPSA) is 111 Å². The van der Waals surface area contributed by atoms with Crippen LogP contribution >= 0.6 is 11.6 Å². The van der Waals surface area contributed by atoms with Gasteiger partial charge in [0.15, 0.2) is 0 Å². The molecular formula is C19H20ClN3O5. The molecule has 148 valence electrons. The highest BCUT2D eigenvalue weighted by molar-refractivity contribution is 6.30. The molecule has 0 aliphatic heterocycles. The zero-order chi connectivity index (χ0) is 20.9. The van der Waals surface area contributed by atoms with Crippen molar-refractivity contribution < 1.29 is 19.2 Å². The molecule has 2 amide bonds. The first-order valence-corrected chi connectivity index (χ1v) is 8.74. The molecule has 8 nitrogen and oxygen atoms in total. The van der Waals surface area contributed by atoms with E-state index in [2.05, 4.69) is 10.6 Å². The van der Waals surface area contributed by atoms with E-state index in [4.69, 9.17) is 16.3 Å². The highest BCUT2D eigenvalue weighted by atomic mass is 35.5. The van der Waals surface area contributed by atoms with Gasteiger partial charge < -0.3 is 15.4 Å². The van der Waals surface area contributed by atoms with E-state index in [9.17, 15) is 19.7 Å². The summed E-state index contributed by atoms with van der Waals surface area (Å²) in [5, 5.41) is 16.6. The minimum Gasteiger partial charge on any atom is -0.450 e. The van der Waals surface area contributed by atoms with E-state index in [1.54, 1.807) is 0 Å². The van der Waals surface area contributed by atoms with Gasteiger partial charge in [-0.05, 0) is 57.2 Å². The first-order chi connectivity index (χ1) is 13.0. The van der Waals surface area contributed by atoms with Gasteiger partial charge in [-0.1, -0.05) is 11.6 Å². The predicted molar refractivity (Wildman–Crippen MR) is 105 cm³/mol. The number of nitrogens with zero attached hydrogens (tertiary/aromatic N) is 1. The number of carbonyl (C=O) groups excluding carboxylic acids is 2. The molecule has 0 spiro atoms. The summed E-state index contributed by atoms with van der Waals surface area (Å²) in [5.41, 5.74) is -0.328. The quantitative estimate of drug-likeness (QED) is 0.562. The van der Waals surface area contributed by atoms with Crippen molar-refractivity contribution in [1.82, 2.24) is 10.6 Å². The highest BCUT2D eigenvalue weighted by Crippen LogP contribution is 2.33. The van der Waals surface area contributed by atoms with Gasteiger partial charge in [-0.3, -0.25) is 19.7 Å². The SMILES string of the molecule is CC(C)(C)NC(=O)CNC(=O)c1ccc(Oc2ccc(Cl)cc2[N+](=O)[O-])cc1. The molecule has 0 aromatic heterocycles. The molecular weight excluding hydrogens is 386 g/mol. The molecule has 0 saturated carbocycles. The fraction of sp³-hybridized carbons (Fsp3) is 0.263. The smallest absolute Gasteiger partial charge is 0.313 e. The third kappa shape index (κ3) is 6.24. The number of carbonyl (C=O) groups is 2. The minimum absolute atomic E-state index is 0.0328. The molecule has 2 rings (SSSR count). The van der Waals surface area contributed by atoms with E-state index in [-0.39, 0.29) is 34.5 Å². The van der Waals surface area contributed by atoms with Gasteiger partial charge in [-0.25, -0.2) is 0 Å². The lowest BCUT2D eigenvalue weighted by Crippen LogP contribution is -2.45. The van der Waals surface area contributed by atoms with Crippen LogP contribution in [0.2, 0.25) is 5.02 Å². The number of rotatable bonds is 6. The van der Waals surface area contributed by atoms with Crippen molar-refractivity contribution in [2.45, 2.75) is 26.3 Å². The van der Waals surface area contributed by atoms with Crippen molar-refractivity contribution in [2.75, 3.05) is 6.54 Å². The normalized spacial score (nSPS) is 10.9. The van der Waals surface area contributed by atoms with Gasteiger partial charge in [0, 0.05) is 22.2 Å². The van der Waals surface area contributed by atoms with Gasteiger partial charge in [0.1, 0.15) is 5.75 Å². The molecule has 0 aliphatic rings. The maximum atomic E-state index is 12.1. The van der Waals surface area contributed by atoms with Crippen molar-refractivity contribution in [3.8, 4) is 11.5 Å². The van der Waals surface area contributed by atoms with Crippen LogP contribution in [-0.4, -0.2) is 28.8 Å². The van der Waals surface area contributed by atoms with Crippen LogP contribution in [0.4, 0.5) is 5.69 Å². The highest BCUT2D eigenvalue weighted by Gasteiger charge is 2.17. The second-order valence-electron chi connectivity index (χ2n) is 6.98. The molecule has 2 aromatic carbocycles. The summed E-state index contributed by atoms with van der Waals surface area (Å²) in [5.74, 6) is -0.373. The Balaban J connectivity index is 2.01. The Morgan fingerprint density at radius 3 is 2.36 bits per heavy atom. The Morgan fingerprint density at radius 2 is 1.79 bits per heavy atom. The molecule has 0 saturated heterocycles. The van der Waals surface area contributed by atoms with Gasteiger partial charge in [0.25, 0.3) is 5.91 Å². The molecule has 0 bridgehead atoms. The fourth-order valence-corrected chi connectivity index (χ4v) is 2.41. The van der Waals surface area contributed by atoms with Crippen molar-refractivity contribution in [3.63, 3.8) is 0 Å². The molecule has 0 heterocycles. The number of amides is 2. The Labute approximate surface area is 167 Å². The summed E-state index contributed by atoms with van der Waals surface area (Å²) in [6.45, 7) is 5.38. The average molecular weight is 406 g/mol. The number of hydrogen-bond donors (Lipinski definition) is 2. The number of nitrogens with one attached hydrogen (secondary N) is 2. The minimum atomic E-state index is -0.592. The van der Waals surface area contributed by atoms with Gasteiger partial charge in [0.2, 0.25) is 11.7 Å². The number of hydrogen-bond acceptors (Lipinski definition) is 5. The molecule has 28 heavy (non-hydrogen) atoms. The summed E-state index contributed by atoms with van der Waals surface area (Å²) in [7, 11) is 0. The third-order valence-corrected chi connectivity index (χ3v) is 3.62. The number of ether oxygens (including phenoxy) is 1. The molecule has 0 radical (unpaired) electrons. The molecule has 2 N–H and O–H groups in total. The van der Waals surface area contributed by atoms with Crippen LogP contribution in [0.1, 0.15) is 31.1 Å². The number of benzene rings is 2. The van der Waals surface area contributed by atoms with Crippen LogP contribution in [0.5, 0.6) is 11.5 Å². The lowest BCUT2D eigenvalue weighted by molar-refractivity contribution is -0.385. The van der Waals surface area contributed by atoms with Crippen LogP contribution < -0.4 is 15.4 Å². The molecule has 0 aliphatic carbocycles. The Kier molecular flexibility index (Phi) is 6.58. The van der Waals surface area contributed by atoms with Gasteiger partial charge in [-0.15, -0.1) is 0 Å². The molecule has 0 unspecified atom stereocenters. The molecule has 0 fully saturated rings. The summed E-state index contributed by atoms with van der Waals surface area (Å²) < 4.78 is 5.52. The first-order valence-electron chi connectivity index (χ1n) is 8.36. The Hall–Kier alpha value is -3.13. The predicted octanol–water partition coefficient (Wildman–Crippen LogP) is 3.69. The summed E-state index contributed by atoms with van der Waals surface area (Å²) >= 11 is 5.77. The number of nitro groups is 1. The van der Waals surface area contributed by atoms with E-state index >= 15 is 0 Å². The van der Waals surface area contributed by atoms with Crippen molar-refractivity contribution in [3.05, 3.63) is 63.2 Å². The second-order valence-corrected chi connectivity index (χ2v) is 7.41. The van der Waals surface area contributed by atoms with Crippen LogP contribution in [0.15, 0.2) is 42.5 Å². The van der Waals surface area contributed by atoms with E-state index < -0.39 is 10.8 Å². The standard InChI is InChI=1S/C19H20ClN3O5/c1-19(2,3)22-17(24)11-21-18(25)12-4-7-14(8-5-12)28-16-9-6-13(20)10-15(16)23(26)27/h4-10H,11H2,1-3H3,(H,21,25)(H,22,24). The second kappa shape index (κ2) is 8.71. The third-order valence-electron chi connectivity index (χ3n) is 3.39. The Bertz CT molecular complexity index is 891. The monoisotopic (exact) mass is 405 g/mol. The van der Waals surface area contributed by atoms with Gasteiger partial charge in [0.05, 0.1) is 11.5 Å². The number of nitro benzene ring substituents is 1. The maximum Gasteiger partial charge on any atom is 0.313 e. The lowest BCUT2D eigenvalue weighted by Gasteiger charge is -2.20. The van der Waals surface area contributed by atoms with E-state index in [0.29, 0.717) is 11.3 Å². The largest absolute Gasteiger partial charge is 0.450 e. The van der Waals surface area contributed by atoms with E-state index in [0.717, 1.165) is 0 Å². The van der Waals surface area contributed by atoms with Crippen LogP contribution in [0.3, 0.4) is 0 Å². The zero-order valence-electron chi connectivity index (χ0n) is 15.6. The summed E-state index contributed by atoms with van der Waals surface area (Å²) in [4.78, 5) is 34.4. The maximum absolute atomic E-state index is 12.1. The molecule has 9 heteroatoms. The van der Waals surface area contributed by atoms with Crippen molar-refractivity contribution >= 4 is 29.1 Å². The van der Waals surface area contributed by atoms with Crippen LogP contribution in [0.25, 0.3) is 0 Å². The first kappa shape index (κ1) is 21.2.